The summed E-state index contributed by atoms with van der Waals surface area (Å²) in [6.45, 7) is 0. The molecule has 0 aliphatic rings. The first-order valence-corrected chi connectivity index (χ1v) is 6.12. The minimum absolute atomic E-state index is 0.195. The maximum absolute atomic E-state index is 11.6. The van der Waals surface area contributed by atoms with Crippen molar-refractivity contribution in [2.24, 2.45) is 0 Å². The number of ether oxygens (including phenoxy) is 2. The molecule has 20 heavy (non-hydrogen) atoms. The second-order valence-corrected chi connectivity index (χ2v) is 4.05. The largest absolute Gasteiger partial charge is 0.469 e. The number of benzene rings is 1. The van der Waals surface area contributed by atoms with Gasteiger partial charge in [-0.05, 0) is 30.7 Å². The first kappa shape index (κ1) is 15.7. The Morgan fingerprint density at radius 1 is 1.00 bits per heavy atom. The van der Waals surface area contributed by atoms with Gasteiger partial charge in [-0.1, -0.05) is 0 Å². The quantitative estimate of drug-likeness (QED) is 0.802. The predicted molar refractivity (Wildman–Crippen MR) is 72.3 cm³/mol. The van der Waals surface area contributed by atoms with Crippen LogP contribution in [0.15, 0.2) is 24.3 Å². The molecule has 0 aromatic heterocycles. The van der Waals surface area contributed by atoms with Gasteiger partial charge in [0.1, 0.15) is 0 Å². The number of anilines is 1. The smallest absolute Gasteiger partial charge is 0.337 e. The molecule has 6 heteroatoms. The van der Waals surface area contributed by atoms with E-state index >= 15 is 0 Å². The van der Waals surface area contributed by atoms with Gasteiger partial charge < -0.3 is 14.8 Å². The number of nitrogens with one attached hydrogen (secondary N) is 1. The Hall–Kier alpha value is -2.37. The molecule has 6 nitrogen and oxygen atoms in total. The monoisotopic (exact) mass is 279 g/mol. The molecule has 0 unspecified atom stereocenters. The van der Waals surface area contributed by atoms with Gasteiger partial charge >= 0.3 is 11.9 Å². The van der Waals surface area contributed by atoms with Gasteiger partial charge in [-0.25, -0.2) is 4.79 Å². The summed E-state index contributed by atoms with van der Waals surface area (Å²) in [6.07, 6.45) is 0.873. The molecule has 1 aromatic carbocycles. The zero-order valence-corrected chi connectivity index (χ0v) is 11.5. The summed E-state index contributed by atoms with van der Waals surface area (Å²) in [6, 6.07) is 6.36. The van der Waals surface area contributed by atoms with Crippen LogP contribution >= 0.6 is 0 Å². The molecule has 0 saturated heterocycles. The highest BCUT2D eigenvalue weighted by Gasteiger charge is 2.07. The lowest BCUT2D eigenvalue weighted by atomic mass is 10.2. The molecule has 0 heterocycles. The zero-order valence-electron chi connectivity index (χ0n) is 11.5. The summed E-state index contributed by atoms with van der Waals surface area (Å²) in [5, 5.41) is 2.67. The predicted octanol–water partition coefficient (Wildman–Crippen LogP) is 1.75. The fraction of sp³-hybridized carbons (Fsp3) is 0.357. The molecule has 0 bridgehead atoms. The van der Waals surface area contributed by atoms with Crippen molar-refractivity contribution in [3.8, 4) is 0 Å². The summed E-state index contributed by atoms with van der Waals surface area (Å²) >= 11 is 0. The molecule has 0 atom stereocenters. The Morgan fingerprint density at radius 3 is 2.20 bits per heavy atom. The summed E-state index contributed by atoms with van der Waals surface area (Å²) in [4.78, 5) is 33.7. The van der Waals surface area contributed by atoms with Crippen LogP contribution in [0.5, 0.6) is 0 Å². The van der Waals surface area contributed by atoms with Gasteiger partial charge in [0.2, 0.25) is 5.91 Å². The van der Waals surface area contributed by atoms with Gasteiger partial charge in [0, 0.05) is 18.5 Å². The van der Waals surface area contributed by atoms with Crippen molar-refractivity contribution in [1.29, 1.82) is 0 Å². The number of amides is 1. The minimum atomic E-state index is -0.430. The molecule has 0 fully saturated rings. The van der Waals surface area contributed by atoms with Crippen molar-refractivity contribution in [1.82, 2.24) is 0 Å². The molecule has 108 valence electrons. The third kappa shape index (κ3) is 5.09. The van der Waals surface area contributed by atoms with Crippen LogP contribution in [0.4, 0.5) is 5.69 Å². The standard InChI is InChI=1S/C14H17NO5/c1-19-13(17)5-3-4-12(16)15-11-8-6-10(7-9-11)14(18)20-2/h6-9H,3-5H2,1-2H3,(H,15,16). The number of esters is 2. The van der Waals surface area contributed by atoms with Crippen molar-refractivity contribution < 1.29 is 23.9 Å². The average molecular weight is 279 g/mol. The normalized spacial score (nSPS) is 9.70. The summed E-state index contributed by atoms with van der Waals surface area (Å²) in [5.41, 5.74) is 0.997. The topological polar surface area (TPSA) is 81.7 Å². The lowest BCUT2D eigenvalue weighted by Gasteiger charge is -2.06. The third-order valence-electron chi connectivity index (χ3n) is 2.60. The Balaban J connectivity index is 2.42. The summed E-state index contributed by atoms with van der Waals surface area (Å²) < 4.78 is 9.06. The molecule has 0 radical (unpaired) electrons. The van der Waals surface area contributed by atoms with Crippen molar-refractivity contribution in [3.05, 3.63) is 29.8 Å². The van der Waals surface area contributed by atoms with E-state index in [1.54, 1.807) is 24.3 Å². The van der Waals surface area contributed by atoms with E-state index in [1.807, 2.05) is 0 Å². The molecule has 0 aliphatic heterocycles. The number of methoxy groups -OCH3 is 2. The lowest BCUT2D eigenvalue weighted by Crippen LogP contribution is -2.12. The van der Waals surface area contributed by atoms with Crippen LogP contribution in [0.25, 0.3) is 0 Å². The Bertz CT molecular complexity index is 481. The van der Waals surface area contributed by atoms with Crippen LogP contribution in [0.2, 0.25) is 0 Å². The van der Waals surface area contributed by atoms with E-state index in [0.717, 1.165) is 0 Å². The van der Waals surface area contributed by atoms with E-state index in [1.165, 1.54) is 14.2 Å². The van der Waals surface area contributed by atoms with Crippen molar-refractivity contribution in [3.63, 3.8) is 0 Å². The van der Waals surface area contributed by atoms with Crippen LogP contribution in [0.1, 0.15) is 29.6 Å². The van der Waals surface area contributed by atoms with Gasteiger partial charge in [0.05, 0.1) is 19.8 Å². The highest BCUT2D eigenvalue weighted by atomic mass is 16.5. The Labute approximate surface area is 117 Å². The minimum Gasteiger partial charge on any atom is -0.469 e. The summed E-state index contributed by atoms with van der Waals surface area (Å²) in [7, 11) is 2.62. The van der Waals surface area contributed by atoms with Crippen molar-refractivity contribution in [2.75, 3.05) is 19.5 Å². The Kier molecular flexibility index (Phi) is 6.22. The molecule has 0 spiro atoms. The first-order chi connectivity index (χ1) is 9.56. The molecule has 1 rings (SSSR count). The maximum Gasteiger partial charge on any atom is 0.337 e. The molecular formula is C14H17NO5. The number of carbonyl (C=O) groups is 3. The SMILES string of the molecule is COC(=O)CCCC(=O)Nc1ccc(C(=O)OC)cc1. The van der Waals surface area contributed by atoms with E-state index in [4.69, 9.17) is 0 Å². The van der Waals surface area contributed by atoms with Gasteiger partial charge in [0.15, 0.2) is 0 Å². The molecule has 0 aliphatic carbocycles. The molecule has 1 aromatic rings. The summed E-state index contributed by atoms with van der Waals surface area (Å²) in [5.74, 6) is -0.957. The number of hydrogen-bond acceptors (Lipinski definition) is 5. The fourth-order valence-electron chi connectivity index (χ4n) is 1.53. The van der Waals surface area contributed by atoms with Gasteiger partial charge in [-0.3, -0.25) is 9.59 Å². The van der Waals surface area contributed by atoms with E-state index < -0.39 is 5.97 Å². The first-order valence-electron chi connectivity index (χ1n) is 6.12. The van der Waals surface area contributed by atoms with Crippen LogP contribution in [0, 0.1) is 0 Å². The van der Waals surface area contributed by atoms with Crippen molar-refractivity contribution in [2.45, 2.75) is 19.3 Å². The molecular weight excluding hydrogens is 262 g/mol. The van der Waals surface area contributed by atoms with E-state index in [-0.39, 0.29) is 24.7 Å². The fourth-order valence-corrected chi connectivity index (χ4v) is 1.53. The van der Waals surface area contributed by atoms with E-state index in [9.17, 15) is 14.4 Å². The highest BCUT2D eigenvalue weighted by Crippen LogP contribution is 2.11. The zero-order chi connectivity index (χ0) is 15.0. The maximum atomic E-state index is 11.6. The molecule has 1 N–H and O–H groups in total. The van der Waals surface area contributed by atoms with Crippen LogP contribution in [-0.2, 0) is 19.1 Å². The lowest BCUT2D eigenvalue weighted by molar-refractivity contribution is -0.140. The average Bonchev–Trinajstić information content (AvgIpc) is 2.47. The second kappa shape index (κ2) is 7.93. The number of carbonyl (C=O) groups excluding carboxylic acids is 3. The van der Waals surface area contributed by atoms with Crippen LogP contribution < -0.4 is 5.32 Å². The Morgan fingerprint density at radius 2 is 1.65 bits per heavy atom. The molecule has 0 saturated carbocycles. The van der Waals surface area contributed by atoms with Gasteiger partial charge in [-0.2, -0.15) is 0 Å². The van der Waals surface area contributed by atoms with E-state index in [0.29, 0.717) is 17.7 Å². The van der Waals surface area contributed by atoms with E-state index in [2.05, 4.69) is 14.8 Å². The van der Waals surface area contributed by atoms with Crippen LogP contribution in [-0.4, -0.2) is 32.1 Å². The number of rotatable bonds is 6. The highest BCUT2D eigenvalue weighted by molar-refractivity contribution is 5.93. The third-order valence-corrected chi connectivity index (χ3v) is 2.60. The van der Waals surface area contributed by atoms with Gasteiger partial charge in [0.25, 0.3) is 0 Å². The second-order valence-electron chi connectivity index (χ2n) is 4.05. The van der Waals surface area contributed by atoms with Crippen molar-refractivity contribution >= 4 is 23.5 Å². The van der Waals surface area contributed by atoms with Crippen LogP contribution in [0.3, 0.4) is 0 Å². The number of hydrogen-bond donors (Lipinski definition) is 1. The molecule has 1 amide bonds. The van der Waals surface area contributed by atoms with Gasteiger partial charge in [-0.15, -0.1) is 0 Å².